The first kappa shape index (κ1) is 15.8. The van der Waals surface area contributed by atoms with E-state index in [-0.39, 0.29) is 5.82 Å². The van der Waals surface area contributed by atoms with E-state index in [2.05, 4.69) is 19.2 Å². The Morgan fingerprint density at radius 3 is 2.75 bits per heavy atom. The summed E-state index contributed by atoms with van der Waals surface area (Å²) in [5.41, 5.74) is 0.946. The highest BCUT2D eigenvalue weighted by Crippen LogP contribution is 2.36. The zero-order valence-corrected chi connectivity index (χ0v) is 13.4. The van der Waals surface area contributed by atoms with Crippen molar-refractivity contribution in [2.24, 2.45) is 17.8 Å². The van der Waals surface area contributed by atoms with Gasteiger partial charge in [0.2, 0.25) is 0 Å². The number of hydrogen-bond donors (Lipinski definition) is 1. The minimum absolute atomic E-state index is 0.300. The van der Waals surface area contributed by atoms with Crippen molar-refractivity contribution in [2.45, 2.75) is 45.6 Å². The van der Waals surface area contributed by atoms with Gasteiger partial charge in [-0.2, -0.15) is 0 Å². The number of rotatable bonds is 4. The van der Waals surface area contributed by atoms with E-state index in [9.17, 15) is 4.39 Å². The van der Waals surface area contributed by atoms with Crippen LogP contribution >= 0.6 is 11.6 Å². The smallest absolute Gasteiger partial charge is 0.142 e. The largest absolute Gasteiger partial charge is 0.317 e. The molecule has 1 aliphatic rings. The van der Waals surface area contributed by atoms with Gasteiger partial charge in [0.25, 0.3) is 0 Å². The Labute approximate surface area is 126 Å². The molecule has 0 aliphatic heterocycles. The molecule has 1 saturated carbocycles. The summed E-state index contributed by atoms with van der Waals surface area (Å²) in [6.07, 6.45) is 4.56. The molecular weight excluding hydrogens is 273 g/mol. The van der Waals surface area contributed by atoms with Crippen LogP contribution in [0.25, 0.3) is 0 Å². The first-order chi connectivity index (χ1) is 9.52. The molecule has 0 amide bonds. The summed E-state index contributed by atoms with van der Waals surface area (Å²) >= 11 is 6.11. The van der Waals surface area contributed by atoms with Crippen molar-refractivity contribution in [3.63, 3.8) is 0 Å². The van der Waals surface area contributed by atoms with E-state index >= 15 is 0 Å². The van der Waals surface area contributed by atoms with Gasteiger partial charge in [0, 0.05) is 6.04 Å². The molecule has 0 spiro atoms. The maximum Gasteiger partial charge on any atom is 0.142 e. The van der Waals surface area contributed by atoms with E-state index in [4.69, 9.17) is 11.6 Å². The lowest BCUT2D eigenvalue weighted by atomic mass is 9.72. The summed E-state index contributed by atoms with van der Waals surface area (Å²) in [6, 6.07) is 5.66. The minimum Gasteiger partial charge on any atom is -0.317 e. The van der Waals surface area contributed by atoms with Gasteiger partial charge in [0.05, 0.1) is 5.02 Å². The third-order valence-electron chi connectivity index (χ3n) is 4.85. The Morgan fingerprint density at radius 2 is 2.10 bits per heavy atom. The molecule has 2 rings (SSSR count). The van der Waals surface area contributed by atoms with Crippen LogP contribution in [0.15, 0.2) is 18.2 Å². The SMILES string of the molecule is CNC1CCC(C(C)C)CC1Cc1cccc(F)c1Cl. The van der Waals surface area contributed by atoms with Crippen molar-refractivity contribution in [1.82, 2.24) is 5.32 Å². The van der Waals surface area contributed by atoms with Crippen molar-refractivity contribution in [1.29, 1.82) is 0 Å². The lowest BCUT2D eigenvalue weighted by molar-refractivity contribution is 0.172. The fraction of sp³-hybridized carbons (Fsp3) is 0.647. The highest BCUT2D eigenvalue weighted by Gasteiger charge is 2.31. The lowest BCUT2D eigenvalue weighted by Crippen LogP contribution is -2.40. The van der Waals surface area contributed by atoms with Gasteiger partial charge in [-0.3, -0.25) is 0 Å². The molecule has 1 aromatic rings. The van der Waals surface area contributed by atoms with Crippen molar-refractivity contribution >= 4 is 11.6 Å². The predicted octanol–water partition coefficient (Wildman–Crippen LogP) is 4.68. The second-order valence-electron chi connectivity index (χ2n) is 6.39. The summed E-state index contributed by atoms with van der Waals surface area (Å²) in [5, 5.41) is 3.73. The topological polar surface area (TPSA) is 12.0 Å². The summed E-state index contributed by atoms with van der Waals surface area (Å²) in [4.78, 5) is 0. The van der Waals surface area contributed by atoms with E-state index in [1.807, 2.05) is 13.1 Å². The molecule has 0 aromatic heterocycles. The first-order valence-corrected chi connectivity index (χ1v) is 8.00. The van der Waals surface area contributed by atoms with Crippen LogP contribution in [0.3, 0.4) is 0 Å². The number of benzene rings is 1. The van der Waals surface area contributed by atoms with E-state index in [1.54, 1.807) is 6.07 Å². The summed E-state index contributed by atoms with van der Waals surface area (Å²) in [7, 11) is 2.03. The zero-order chi connectivity index (χ0) is 14.7. The van der Waals surface area contributed by atoms with Crippen LogP contribution in [0.1, 0.15) is 38.7 Å². The standard InChI is InChI=1S/C17H25ClFN/c1-11(2)12-7-8-16(20-3)14(9-12)10-13-5-4-6-15(19)17(13)18/h4-6,11-12,14,16,20H,7-10H2,1-3H3. The van der Waals surface area contributed by atoms with Gasteiger partial charge in [-0.25, -0.2) is 4.39 Å². The highest BCUT2D eigenvalue weighted by molar-refractivity contribution is 6.31. The van der Waals surface area contributed by atoms with Crippen LogP contribution < -0.4 is 5.32 Å². The predicted molar refractivity (Wildman–Crippen MR) is 83.6 cm³/mol. The molecule has 112 valence electrons. The van der Waals surface area contributed by atoms with Crippen LogP contribution in [-0.4, -0.2) is 13.1 Å². The number of halogens is 2. The Kier molecular flexibility index (Phi) is 5.45. The van der Waals surface area contributed by atoms with Crippen LogP contribution in [-0.2, 0) is 6.42 Å². The normalized spacial score (nSPS) is 27.0. The van der Waals surface area contributed by atoms with E-state index in [0.29, 0.717) is 17.0 Å². The molecule has 1 N–H and O–H groups in total. The average molecular weight is 298 g/mol. The molecule has 20 heavy (non-hydrogen) atoms. The van der Waals surface area contributed by atoms with E-state index in [0.717, 1.165) is 23.8 Å². The van der Waals surface area contributed by atoms with Gasteiger partial charge in [0.15, 0.2) is 0 Å². The zero-order valence-electron chi connectivity index (χ0n) is 12.6. The molecule has 1 nitrogen and oxygen atoms in total. The molecule has 3 heteroatoms. The number of nitrogens with one attached hydrogen (secondary N) is 1. The van der Waals surface area contributed by atoms with Gasteiger partial charge in [0.1, 0.15) is 5.82 Å². The molecular formula is C17H25ClFN. The Hall–Kier alpha value is -0.600. The molecule has 1 aromatic carbocycles. The van der Waals surface area contributed by atoms with Crippen molar-refractivity contribution in [3.8, 4) is 0 Å². The molecule has 3 unspecified atom stereocenters. The minimum atomic E-state index is -0.304. The molecule has 0 radical (unpaired) electrons. The Morgan fingerprint density at radius 1 is 1.35 bits per heavy atom. The molecule has 1 fully saturated rings. The van der Waals surface area contributed by atoms with Crippen LogP contribution in [0.5, 0.6) is 0 Å². The fourth-order valence-electron chi connectivity index (χ4n) is 3.50. The molecule has 0 heterocycles. The monoisotopic (exact) mass is 297 g/mol. The number of hydrogen-bond acceptors (Lipinski definition) is 1. The van der Waals surface area contributed by atoms with Gasteiger partial charge in [-0.05, 0) is 62.1 Å². The molecule has 1 aliphatic carbocycles. The Bertz CT molecular complexity index is 447. The first-order valence-electron chi connectivity index (χ1n) is 7.63. The fourth-order valence-corrected chi connectivity index (χ4v) is 3.70. The second-order valence-corrected chi connectivity index (χ2v) is 6.77. The van der Waals surface area contributed by atoms with Crippen LogP contribution in [0.4, 0.5) is 4.39 Å². The quantitative estimate of drug-likeness (QED) is 0.851. The Balaban J connectivity index is 2.13. The van der Waals surface area contributed by atoms with E-state index < -0.39 is 0 Å². The third-order valence-corrected chi connectivity index (χ3v) is 5.27. The molecule has 0 bridgehead atoms. The molecule has 0 saturated heterocycles. The summed E-state index contributed by atoms with van der Waals surface area (Å²) in [5.74, 6) is 1.73. The highest BCUT2D eigenvalue weighted by atomic mass is 35.5. The van der Waals surface area contributed by atoms with Gasteiger partial charge >= 0.3 is 0 Å². The van der Waals surface area contributed by atoms with Crippen LogP contribution in [0.2, 0.25) is 5.02 Å². The summed E-state index contributed by atoms with van der Waals surface area (Å²) in [6.45, 7) is 4.60. The second kappa shape index (κ2) is 6.91. The van der Waals surface area contributed by atoms with E-state index in [1.165, 1.54) is 25.3 Å². The third kappa shape index (κ3) is 3.53. The van der Waals surface area contributed by atoms with Gasteiger partial charge in [-0.1, -0.05) is 37.6 Å². The van der Waals surface area contributed by atoms with Gasteiger partial charge < -0.3 is 5.32 Å². The van der Waals surface area contributed by atoms with Crippen molar-refractivity contribution in [2.75, 3.05) is 7.05 Å². The van der Waals surface area contributed by atoms with Crippen molar-refractivity contribution in [3.05, 3.63) is 34.6 Å². The maximum absolute atomic E-state index is 13.6. The van der Waals surface area contributed by atoms with Crippen LogP contribution in [0, 0.1) is 23.6 Å². The van der Waals surface area contributed by atoms with Gasteiger partial charge in [-0.15, -0.1) is 0 Å². The average Bonchev–Trinajstić information content (AvgIpc) is 2.43. The van der Waals surface area contributed by atoms with Crippen molar-refractivity contribution < 1.29 is 4.39 Å². The molecule has 3 atom stereocenters. The summed E-state index contributed by atoms with van der Waals surface area (Å²) < 4.78 is 13.6. The maximum atomic E-state index is 13.6. The lowest BCUT2D eigenvalue weighted by Gasteiger charge is -2.38.